The molecule has 0 unspecified atom stereocenters. The Hall–Kier alpha value is -3.62. The van der Waals surface area contributed by atoms with E-state index >= 15 is 0 Å². The molecule has 1 N–H and O–H groups in total. The van der Waals surface area contributed by atoms with Crippen molar-refractivity contribution in [2.75, 3.05) is 53.1 Å². The quantitative estimate of drug-likeness (QED) is 0.257. The van der Waals surface area contributed by atoms with Crippen molar-refractivity contribution in [1.29, 1.82) is 0 Å². The normalized spacial score (nSPS) is 20.1. The van der Waals surface area contributed by atoms with Gasteiger partial charge in [0.2, 0.25) is 0 Å². The number of carbonyl (C=O) groups excluding carboxylic acids is 2. The molecule has 4 rings (SSSR count). The van der Waals surface area contributed by atoms with Crippen LogP contribution >= 0.6 is 0 Å². The number of methoxy groups -OCH3 is 1. The SMILES string of the molecule is C=CCOc1ccc(/C(O)=C2\C(=O)C(=O)N(CCN3CCOCC3)[C@H]2c2ccccc2OC)cc1. The van der Waals surface area contributed by atoms with E-state index in [9.17, 15) is 14.7 Å². The van der Waals surface area contributed by atoms with Crippen LogP contribution in [0.1, 0.15) is 17.2 Å². The van der Waals surface area contributed by atoms with Gasteiger partial charge >= 0.3 is 0 Å². The van der Waals surface area contributed by atoms with Gasteiger partial charge in [-0.1, -0.05) is 30.9 Å². The smallest absolute Gasteiger partial charge is 0.295 e. The number of benzene rings is 2. The highest BCUT2D eigenvalue weighted by molar-refractivity contribution is 6.46. The molecule has 1 atom stereocenters. The first-order valence-electron chi connectivity index (χ1n) is 11.6. The number of ether oxygens (including phenoxy) is 3. The number of para-hydroxylation sites is 1. The summed E-state index contributed by atoms with van der Waals surface area (Å²) in [5.74, 6) is -0.444. The molecule has 2 saturated heterocycles. The van der Waals surface area contributed by atoms with E-state index in [1.165, 1.54) is 4.90 Å². The summed E-state index contributed by atoms with van der Waals surface area (Å²) < 4.78 is 16.5. The van der Waals surface area contributed by atoms with Gasteiger partial charge in [-0.15, -0.1) is 0 Å². The average Bonchev–Trinajstić information content (AvgIpc) is 3.16. The Morgan fingerprint density at radius 3 is 2.51 bits per heavy atom. The number of Topliss-reactive ketones (excluding diaryl/α,β-unsaturated/α-hetero) is 1. The minimum atomic E-state index is -0.774. The van der Waals surface area contributed by atoms with Gasteiger partial charge in [0.25, 0.3) is 11.7 Å². The van der Waals surface area contributed by atoms with Gasteiger partial charge in [0, 0.05) is 37.3 Å². The fourth-order valence-corrected chi connectivity index (χ4v) is 4.42. The van der Waals surface area contributed by atoms with Crippen LogP contribution in [0, 0.1) is 0 Å². The second-order valence-corrected chi connectivity index (χ2v) is 8.31. The third-order valence-electron chi connectivity index (χ3n) is 6.23. The standard InChI is InChI=1S/C27H30N2O6/c1-3-16-35-20-10-8-19(9-11-20)25(30)23-24(21-6-4-5-7-22(21)33-2)29(27(32)26(23)31)13-12-28-14-17-34-18-15-28/h3-11,24,30H,1,12-18H2,2H3/b25-23+/t24-/m0/s1. The highest BCUT2D eigenvalue weighted by Crippen LogP contribution is 2.42. The van der Waals surface area contributed by atoms with Crippen LogP contribution in [0.2, 0.25) is 0 Å². The Morgan fingerprint density at radius 1 is 1.11 bits per heavy atom. The van der Waals surface area contributed by atoms with Crippen LogP contribution in [0.25, 0.3) is 5.76 Å². The van der Waals surface area contributed by atoms with E-state index in [4.69, 9.17) is 14.2 Å². The number of morpholine rings is 1. The summed E-state index contributed by atoms with van der Waals surface area (Å²) in [4.78, 5) is 30.2. The summed E-state index contributed by atoms with van der Waals surface area (Å²) in [6, 6.07) is 13.2. The van der Waals surface area contributed by atoms with Crippen molar-refractivity contribution >= 4 is 17.4 Å². The highest BCUT2D eigenvalue weighted by Gasteiger charge is 2.47. The van der Waals surface area contributed by atoms with E-state index in [-0.39, 0.29) is 11.3 Å². The lowest BCUT2D eigenvalue weighted by Crippen LogP contribution is -2.42. The number of hydrogen-bond acceptors (Lipinski definition) is 7. The van der Waals surface area contributed by atoms with Gasteiger partial charge in [-0.3, -0.25) is 14.5 Å². The minimum absolute atomic E-state index is 0.0428. The van der Waals surface area contributed by atoms with E-state index in [1.54, 1.807) is 43.5 Å². The number of amides is 1. The zero-order valence-electron chi connectivity index (χ0n) is 19.8. The number of nitrogens with zero attached hydrogens (tertiary/aromatic N) is 2. The third-order valence-corrected chi connectivity index (χ3v) is 6.23. The molecular weight excluding hydrogens is 448 g/mol. The molecule has 2 fully saturated rings. The fourth-order valence-electron chi connectivity index (χ4n) is 4.42. The molecule has 2 aromatic carbocycles. The maximum atomic E-state index is 13.3. The molecule has 0 bridgehead atoms. The van der Waals surface area contributed by atoms with Crippen molar-refractivity contribution in [2.24, 2.45) is 0 Å². The molecule has 2 aliphatic rings. The van der Waals surface area contributed by atoms with Gasteiger partial charge in [-0.2, -0.15) is 0 Å². The van der Waals surface area contributed by atoms with Gasteiger partial charge in [0.1, 0.15) is 23.9 Å². The number of aliphatic hydroxyl groups is 1. The molecule has 0 saturated carbocycles. The topological polar surface area (TPSA) is 88.5 Å². The Morgan fingerprint density at radius 2 is 1.83 bits per heavy atom. The van der Waals surface area contributed by atoms with Crippen LogP contribution in [0.4, 0.5) is 0 Å². The first kappa shape index (κ1) is 24.5. The average molecular weight is 479 g/mol. The Kier molecular flexibility index (Phi) is 7.84. The molecule has 0 spiro atoms. The molecule has 8 heteroatoms. The molecule has 8 nitrogen and oxygen atoms in total. The molecule has 1 amide bonds. The van der Waals surface area contributed by atoms with Crippen LogP contribution in [0.15, 0.2) is 66.8 Å². The summed E-state index contributed by atoms with van der Waals surface area (Å²) in [7, 11) is 1.54. The van der Waals surface area contributed by atoms with E-state index < -0.39 is 17.7 Å². The third kappa shape index (κ3) is 5.23. The first-order valence-corrected chi connectivity index (χ1v) is 11.6. The molecule has 184 valence electrons. The highest BCUT2D eigenvalue weighted by atomic mass is 16.5. The van der Waals surface area contributed by atoms with E-state index in [2.05, 4.69) is 11.5 Å². The van der Waals surface area contributed by atoms with Crippen molar-refractivity contribution in [2.45, 2.75) is 6.04 Å². The van der Waals surface area contributed by atoms with Crippen LogP contribution in [-0.2, 0) is 14.3 Å². The Labute approximate surface area is 205 Å². The summed E-state index contributed by atoms with van der Waals surface area (Å²) in [5, 5.41) is 11.3. The van der Waals surface area contributed by atoms with E-state index in [0.29, 0.717) is 55.5 Å². The predicted octanol–water partition coefficient (Wildman–Crippen LogP) is 3.01. The van der Waals surface area contributed by atoms with Crippen LogP contribution in [0.3, 0.4) is 0 Å². The van der Waals surface area contributed by atoms with Gasteiger partial charge in [0.05, 0.1) is 31.9 Å². The van der Waals surface area contributed by atoms with E-state index in [0.717, 1.165) is 13.1 Å². The first-order chi connectivity index (χ1) is 17.0. The number of likely N-dealkylation sites (tertiary alicyclic amines) is 1. The summed E-state index contributed by atoms with van der Waals surface area (Å²) in [5.41, 5.74) is 1.10. The zero-order chi connectivity index (χ0) is 24.8. The number of carbonyl (C=O) groups is 2. The van der Waals surface area contributed by atoms with Crippen molar-refractivity contribution < 1.29 is 28.9 Å². The number of hydrogen-bond donors (Lipinski definition) is 1. The Bertz CT molecular complexity index is 1100. The maximum Gasteiger partial charge on any atom is 0.295 e. The van der Waals surface area contributed by atoms with Gasteiger partial charge < -0.3 is 24.2 Å². The molecular formula is C27H30N2O6. The molecule has 0 radical (unpaired) electrons. The van der Waals surface area contributed by atoms with Gasteiger partial charge in [-0.25, -0.2) is 0 Å². The van der Waals surface area contributed by atoms with E-state index in [1.807, 2.05) is 18.2 Å². The molecule has 2 heterocycles. The Balaban J connectivity index is 1.72. The summed E-state index contributed by atoms with van der Waals surface area (Å²) >= 11 is 0. The lowest BCUT2D eigenvalue weighted by Gasteiger charge is -2.31. The molecule has 2 aromatic rings. The van der Waals surface area contributed by atoms with Crippen LogP contribution in [-0.4, -0.2) is 79.7 Å². The molecule has 0 aliphatic carbocycles. The van der Waals surface area contributed by atoms with Crippen molar-refractivity contribution in [3.63, 3.8) is 0 Å². The summed E-state index contributed by atoms with van der Waals surface area (Å²) in [6.45, 7) is 7.72. The molecule has 0 aromatic heterocycles. The number of ketones is 1. The minimum Gasteiger partial charge on any atom is -0.507 e. The fraction of sp³-hybridized carbons (Fsp3) is 0.333. The second-order valence-electron chi connectivity index (χ2n) is 8.31. The lowest BCUT2D eigenvalue weighted by molar-refractivity contribution is -0.140. The number of rotatable bonds is 9. The van der Waals surface area contributed by atoms with Crippen molar-refractivity contribution in [3.05, 3.63) is 77.9 Å². The lowest BCUT2D eigenvalue weighted by atomic mass is 9.94. The number of aliphatic hydroxyl groups excluding tert-OH is 1. The largest absolute Gasteiger partial charge is 0.507 e. The van der Waals surface area contributed by atoms with Crippen LogP contribution in [0.5, 0.6) is 11.5 Å². The van der Waals surface area contributed by atoms with Gasteiger partial charge in [0.15, 0.2) is 0 Å². The van der Waals surface area contributed by atoms with Gasteiger partial charge in [-0.05, 0) is 30.3 Å². The predicted molar refractivity (Wildman–Crippen MR) is 131 cm³/mol. The molecule has 2 aliphatic heterocycles. The zero-order valence-corrected chi connectivity index (χ0v) is 19.8. The van der Waals surface area contributed by atoms with Crippen molar-refractivity contribution in [1.82, 2.24) is 9.80 Å². The maximum absolute atomic E-state index is 13.3. The monoisotopic (exact) mass is 478 g/mol. The molecule has 35 heavy (non-hydrogen) atoms. The van der Waals surface area contributed by atoms with Crippen LogP contribution < -0.4 is 9.47 Å². The summed E-state index contributed by atoms with van der Waals surface area (Å²) in [6.07, 6.45) is 1.64. The second kappa shape index (κ2) is 11.2. The van der Waals surface area contributed by atoms with Crippen molar-refractivity contribution in [3.8, 4) is 11.5 Å².